The number of rotatable bonds is 4. The summed E-state index contributed by atoms with van der Waals surface area (Å²) in [5, 5.41) is 13.3. The average Bonchev–Trinajstić information content (AvgIpc) is 2.49. The first-order chi connectivity index (χ1) is 11.2. The minimum Gasteiger partial charge on any atom is -0.507 e. The van der Waals surface area contributed by atoms with E-state index in [-0.39, 0.29) is 11.3 Å². The van der Waals surface area contributed by atoms with Gasteiger partial charge < -0.3 is 9.84 Å². The van der Waals surface area contributed by atoms with Crippen molar-refractivity contribution in [3.05, 3.63) is 58.1 Å². The Balaban J connectivity index is 1.99. The SMILES string of the molecule is O=C(NN=Cc1cc(Br)ccc1O)c1ccc(OC(F)(F)F)cc1. The van der Waals surface area contributed by atoms with Crippen LogP contribution in [0.4, 0.5) is 13.2 Å². The van der Waals surface area contributed by atoms with Crippen LogP contribution in [-0.2, 0) is 0 Å². The Labute approximate surface area is 142 Å². The van der Waals surface area contributed by atoms with E-state index in [1.807, 2.05) is 0 Å². The standard InChI is InChI=1S/C15H10BrF3N2O3/c16-11-3-6-13(22)10(7-11)8-20-21-14(23)9-1-4-12(5-2-9)24-15(17,18)19/h1-8,22H,(H,21,23). The zero-order chi connectivity index (χ0) is 17.7. The zero-order valence-electron chi connectivity index (χ0n) is 11.8. The molecular formula is C15H10BrF3N2O3. The summed E-state index contributed by atoms with van der Waals surface area (Å²) < 4.78 is 40.6. The Kier molecular flexibility index (Phi) is 5.45. The number of phenols is 1. The van der Waals surface area contributed by atoms with Crippen molar-refractivity contribution >= 4 is 28.1 Å². The van der Waals surface area contributed by atoms with Crippen LogP contribution in [0.3, 0.4) is 0 Å². The fourth-order valence-electron chi connectivity index (χ4n) is 1.66. The van der Waals surface area contributed by atoms with E-state index in [0.29, 0.717) is 10.0 Å². The number of aromatic hydroxyl groups is 1. The number of benzene rings is 2. The number of amides is 1. The van der Waals surface area contributed by atoms with Gasteiger partial charge in [0.05, 0.1) is 6.21 Å². The maximum atomic E-state index is 12.0. The maximum Gasteiger partial charge on any atom is 0.573 e. The molecule has 0 aliphatic carbocycles. The van der Waals surface area contributed by atoms with E-state index in [4.69, 9.17) is 0 Å². The van der Waals surface area contributed by atoms with Crippen LogP contribution in [0.15, 0.2) is 52.0 Å². The minimum absolute atomic E-state index is 0.0233. The second-order valence-electron chi connectivity index (χ2n) is 4.47. The molecule has 0 aliphatic heterocycles. The topological polar surface area (TPSA) is 70.9 Å². The van der Waals surface area contributed by atoms with E-state index in [9.17, 15) is 23.1 Å². The van der Waals surface area contributed by atoms with Crippen molar-refractivity contribution < 1.29 is 27.8 Å². The highest BCUT2D eigenvalue weighted by Crippen LogP contribution is 2.23. The fourth-order valence-corrected chi connectivity index (χ4v) is 2.04. The van der Waals surface area contributed by atoms with Gasteiger partial charge in [0.25, 0.3) is 5.91 Å². The van der Waals surface area contributed by atoms with Crippen molar-refractivity contribution in [3.8, 4) is 11.5 Å². The molecule has 1 amide bonds. The van der Waals surface area contributed by atoms with Gasteiger partial charge in [-0.1, -0.05) is 15.9 Å². The Bertz CT molecular complexity index is 762. The second-order valence-corrected chi connectivity index (χ2v) is 5.39. The first-order valence-corrected chi connectivity index (χ1v) is 7.21. The molecule has 0 saturated heterocycles. The van der Waals surface area contributed by atoms with Gasteiger partial charge in [0.15, 0.2) is 0 Å². The van der Waals surface area contributed by atoms with Gasteiger partial charge >= 0.3 is 6.36 Å². The molecular weight excluding hydrogens is 393 g/mol. The summed E-state index contributed by atoms with van der Waals surface area (Å²) in [5.41, 5.74) is 2.67. The maximum absolute atomic E-state index is 12.0. The number of hydrazone groups is 1. The lowest BCUT2D eigenvalue weighted by Crippen LogP contribution is -2.19. The lowest BCUT2D eigenvalue weighted by Gasteiger charge is -2.08. The normalized spacial score (nSPS) is 11.5. The molecule has 2 rings (SSSR count). The molecule has 5 nitrogen and oxygen atoms in total. The third-order valence-corrected chi connectivity index (χ3v) is 3.20. The molecule has 0 spiro atoms. The lowest BCUT2D eigenvalue weighted by atomic mass is 10.2. The molecule has 2 N–H and O–H groups in total. The lowest BCUT2D eigenvalue weighted by molar-refractivity contribution is -0.274. The highest BCUT2D eigenvalue weighted by Gasteiger charge is 2.31. The third-order valence-electron chi connectivity index (χ3n) is 2.71. The first kappa shape index (κ1) is 17.8. The summed E-state index contributed by atoms with van der Waals surface area (Å²) in [5.74, 6) is -1.08. The Hall–Kier alpha value is -2.55. The van der Waals surface area contributed by atoms with Gasteiger partial charge in [-0.15, -0.1) is 13.2 Å². The van der Waals surface area contributed by atoms with Crippen molar-refractivity contribution in [3.63, 3.8) is 0 Å². The Morgan fingerprint density at radius 1 is 1.21 bits per heavy atom. The molecule has 0 saturated carbocycles. The van der Waals surface area contributed by atoms with Gasteiger partial charge in [-0.05, 0) is 42.5 Å². The summed E-state index contributed by atoms with van der Waals surface area (Å²) in [6.45, 7) is 0. The quantitative estimate of drug-likeness (QED) is 0.603. The third kappa shape index (κ3) is 5.27. The number of ether oxygens (including phenoxy) is 1. The van der Waals surface area contributed by atoms with E-state index in [2.05, 4.69) is 31.2 Å². The molecule has 0 bridgehead atoms. The van der Waals surface area contributed by atoms with Crippen LogP contribution in [0.5, 0.6) is 11.5 Å². The van der Waals surface area contributed by atoms with Crippen LogP contribution >= 0.6 is 15.9 Å². The molecule has 0 unspecified atom stereocenters. The molecule has 0 aromatic heterocycles. The summed E-state index contributed by atoms with van der Waals surface area (Å²) in [6, 6.07) is 9.06. The molecule has 0 aliphatic rings. The van der Waals surface area contributed by atoms with E-state index < -0.39 is 18.0 Å². The number of nitrogens with one attached hydrogen (secondary N) is 1. The van der Waals surface area contributed by atoms with Crippen LogP contribution in [0.25, 0.3) is 0 Å². The predicted molar refractivity (Wildman–Crippen MR) is 84.0 cm³/mol. The van der Waals surface area contributed by atoms with Crippen LogP contribution in [0.2, 0.25) is 0 Å². The minimum atomic E-state index is -4.79. The van der Waals surface area contributed by atoms with Gasteiger partial charge in [0.1, 0.15) is 11.5 Å². The number of halogens is 4. The highest BCUT2D eigenvalue weighted by molar-refractivity contribution is 9.10. The second kappa shape index (κ2) is 7.35. The molecule has 0 atom stereocenters. The summed E-state index contributed by atoms with van der Waals surface area (Å²) in [4.78, 5) is 11.8. The molecule has 126 valence electrons. The molecule has 0 heterocycles. The van der Waals surface area contributed by atoms with Gasteiger partial charge in [-0.2, -0.15) is 5.10 Å². The van der Waals surface area contributed by atoms with Crippen molar-refractivity contribution in [2.24, 2.45) is 5.10 Å². The van der Waals surface area contributed by atoms with Gasteiger partial charge in [-0.25, -0.2) is 5.43 Å². The fraction of sp³-hybridized carbons (Fsp3) is 0.0667. The van der Waals surface area contributed by atoms with E-state index in [1.165, 1.54) is 24.4 Å². The van der Waals surface area contributed by atoms with Gasteiger partial charge in [0.2, 0.25) is 0 Å². The number of alkyl halides is 3. The Morgan fingerprint density at radius 2 is 1.88 bits per heavy atom. The van der Waals surface area contributed by atoms with Crippen molar-refractivity contribution in [1.82, 2.24) is 5.43 Å². The van der Waals surface area contributed by atoms with Crippen molar-refractivity contribution in [2.45, 2.75) is 6.36 Å². The van der Waals surface area contributed by atoms with Gasteiger partial charge in [-0.3, -0.25) is 4.79 Å². The number of hydrogen-bond acceptors (Lipinski definition) is 4. The molecule has 0 fully saturated rings. The van der Waals surface area contributed by atoms with Crippen LogP contribution in [0.1, 0.15) is 15.9 Å². The Morgan fingerprint density at radius 3 is 2.50 bits per heavy atom. The summed E-state index contributed by atoms with van der Waals surface area (Å²) in [7, 11) is 0. The number of carbonyl (C=O) groups excluding carboxylic acids is 1. The smallest absolute Gasteiger partial charge is 0.507 e. The molecule has 9 heteroatoms. The number of phenolic OH excluding ortho intramolecular Hbond substituents is 1. The predicted octanol–water partition coefficient (Wildman–Crippen LogP) is 3.82. The monoisotopic (exact) mass is 402 g/mol. The molecule has 2 aromatic carbocycles. The zero-order valence-corrected chi connectivity index (χ0v) is 13.4. The van der Waals surface area contributed by atoms with Gasteiger partial charge in [0, 0.05) is 15.6 Å². The molecule has 0 radical (unpaired) electrons. The van der Waals surface area contributed by atoms with Crippen molar-refractivity contribution in [2.75, 3.05) is 0 Å². The van der Waals surface area contributed by atoms with Crippen molar-refractivity contribution in [1.29, 1.82) is 0 Å². The molecule has 2 aromatic rings. The highest BCUT2D eigenvalue weighted by atomic mass is 79.9. The van der Waals surface area contributed by atoms with E-state index in [0.717, 1.165) is 12.1 Å². The van der Waals surface area contributed by atoms with Crippen LogP contribution in [-0.4, -0.2) is 23.6 Å². The largest absolute Gasteiger partial charge is 0.573 e. The van der Waals surface area contributed by atoms with E-state index in [1.54, 1.807) is 12.1 Å². The van der Waals surface area contributed by atoms with E-state index >= 15 is 0 Å². The van der Waals surface area contributed by atoms with Crippen LogP contribution in [0, 0.1) is 0 Å². The summed E-state index contributed by atoms with van der Waals surface area (Å²) >= 11 is 3.23. The number of nitrogens with zero attached hydrogens (tertiary/aromatic N) is 1. The first-order valence-electron chi connectivity index (χ1n) is 6.42. The number of hydrogen-bond donors (Lipinski definition) is 2. The number of carbonyl (C=O) groups is 1. The summed E-state index contributed by atoms with van der Waals surface area (Å²) in [6.07, 6.45) is -3.56. The van der Waals surface area contributed by atoms with Crippen LogP contribution < -0.4 is 10.2 Å². The molecule has 24 heavy (non-hydrogen) atoms. The average molecular weight is 403 g/mol.